The van der Waals surface area contributed by atoms with E-state index in [4.69, 9.17) is 4.99 Å². The van der Waals surface area contributed by atoms with Gasteiger partial charge in [0.2, 0.25) is 0 Å². The molecule has 0 amide bonds. The summed E-state index contributed by atoms with van der Waals surface area (Å²) in [4.78, 5) is 4.76. The zero-order valence-electron chi connectivity index (χ0n) is 15.0. The minimum absolute atomic E-state index is 0.195. The molecule has 3 rings (SSSR count). The number of nitrogens with one attached hydrogen (secondary N) is 2. The molecule has 3 aliphatic rings. The minimum atomic E-state index is -2.81. The van der Waals surface area contributed by atoms with E-state index in [2.05, 4.69) is 17.6 Å². The summed E-state index contributed by atoms with van der Waals surface area (Å²) in [6.45, 7) is 3.94. The number of nitrogens with zero attached hydrogens (tertiary/aromatic N) is 1. The fourth-order valence-electron chi connectivity index (χ4n) is 4.03. The summed E-state index contributed by atoms with van der Waals surface area (Å²) in [5.41, 5.74) is 0. The molecule has 138 valence electrons. The van der Waals surface area contributed by atoms with Gasteiger partial charge in [0.05, 0.1) is 11.5 Å². The Morgan fingerprint density at radius 3 is 2.46 bits per heavy atom. The molecule has 1 saturated heterocycles. The lowest BCUT2D eigenvalue weighted by Gasteiger charge is -2.32. The summed E-state index contributed by atoms with van der Waals surface area (Å²) in [7, 11) is -2.81. The van der Waals surface area contributed by atoms with Crippen molar-refractivity contribution < 1.29 is 8.42 Å². The third-order valence-electron chi connectivity index (χ3n) is 6.05. The fraction of sp³-hybridized carbons (Fsp3) is 0.944. The van der Waals surface area contributed by atoms with Gasteiger partial charge in [0, 0.05) is 19.1 Å². The first-order chi connectivity index (χ1) is 11.5. The SMILES string of the molecule is CC1CCCCC1NC(=NCC1CCS(=O)(=O)C1)NCC1CCC1. The lowest BCUT2D eigenvalue weighted by atomic mass is 9.85. The van der Waals surface area contributed by atoms with Crippen LogP contribution in [0.5, 0.6) is 0 Å². The molecule has 0 aromatic carbocycles. The molecule has 0 radical (unpaired) electrons. The summed E-state index contributed by atoms with van der Waals surface area (Å²) in [5, 5.41) is 7.17. The predicted octanol–water partition coefficient (Wildman–Crippen LogP) is 2.34. The molecule has 0 bridgehead atoms. The highest BCUT2D eigenvalue weighted by atomic mass is 32.2. The third-order valence-corrected chi connectivity index (χ3v) is 7.89. The van der Waals surface area contributed by atoms with Crippen LogP contribution in [0.3, 0.4) is 0 Å². The van der Waals surface area contributed by atoms with Gasteiger partial charge in [0.1, 0.15) is 0 Å². The molecule has 5 nitrogen and oxygen atoms in total. The van der Waals surface area contributed by atoms with Crippen LogP contribution >= 0.6 is 0 Å². The van der Waals surface area contributed by atoms with E-state index in [1.165, 1.54) is 44.9 Å². The van der Waals surface area contributed by atoms with Crippen LogP contribution in [-0.2, 0) is 9.84 Å². The molecular formula is C18H33N3O2S. The first-order valence-corrected chi connectivity index (χ1v) is 11.6. The summed E-state index contributed by atoms with van der Waals surface area (Å²) in [6.07, 6.45) is 9.88. The molecule has 1 heterocycles. The molecule has 3 atom stereocenters. The quantitative estimate of drug-likeness (QED) is 0.586. The van der Waals surface area contributed by atoms with Gasteiger partial charge in [-0.2, -0.15) is 0 Å². The molecule has 2 N–H and O–H groups in total. The van der Waals surface area contributed by atoms with Crippen LogP contribution in [0, 0.1) is 17.8 Å². The number of hydrogen-bond acceptors (Lipinski definition) is 3. The van der Waals surface area contributed by atoms with Gasteiger partial charge in [-0.25, -0.2) is 8.42 Å². The second-order valence-corrected chi connectivity index (χ2v) is 10.4. The van der Waals surface area contributed by atoms with Gasteiger partial charge in [-0.3, -0.25) is 4.99 Å². The summed E-state index contributed by atoms with van der Waals surface area (Å²) in [5.74, 6) is 3.22. The third kappa shape index (κ3) is 5.11. The van der Waals surface area contributed by atoms with Crippen LogP contribution in [0.1, 0.15) is 58.3 Å². The van der Waals surface area contributed by atoms with Crippen LogP contribution in [0.4, 0.5) is 0 Å². The highest BCUT2D eigenvalue weighted by Crippen LogP contribution is 2.26. The predicted molar refractivity (Wildman–Crippen MR) is 99.0 cm³/mol. The Hall–Kier alpha value is -0.780. The van der Waals surface area contributed by atoms with Gasteiger partial charge in [0.15, 0.2) is 15.8 Å². The zero-order valence-corrected chi connectivity index (χ0v) is 15.8. The van der Waals surface area contributed by atoms with Crippen molar-refractivity contribution in [3.63, 3.8) is 0 Å². The smallest absolute Gasteiger partial charge is 0.191 e. The van der Waals surface area contributed by atoms with Crippen molar-refractivity contribution in [2.45, 2.75) is 64.3 Å². The van der Waals surface area contributed by atoms with E-state index in [1.807, 2.05) is 0 Å². The Morgan fingerprint density at radius 2 is 1.83 bits per heavy atom. The van der Waals surface area contributed by atoms with Crippen LogP contribution in [0.25, 0.3) is 0 Å². The van der Waals surface area contributed by atoms with E-state index in [-0.39, 0.29) is 5.92 Å². The molecular weight excluding hydrogens is 322 g/mol. The number of hydrogen-bond donors (Lipinski definition) is 2. The number of rotatable bonds is 5. The molecule has 6 heteroatoms. The number of aliphatic imine (C=N–C) groups is 1. The van der Waals surface area contributed by atoms with E-state index >= 15 is 0 Å². The first-order valence-electron chi connectivity index (χ1n) is 9.77. The Morgan fingerprint density at radius 1 is 1.04 bits per heavy atom. The Bertz CT molecular complexity index is 542. The largest absolute Gasteiger partial charge is 0.356 e. The molecule has 24 heavy (non-hydrogen) atoms. The molecule has 0 spiro atoms. The van der Waals surface area contributed by atoms with Gasteiger partial charge in [-0.1, -0.05) is 26.2 Å². The number of guanidine groups is 1. The van der Waals surface area contributed by atoms with Crippen molar-refractivity contribution >= 4 is 15.8 Å². The summed E-state index contributed by atoms with van der Waals surface area (Å²) >= 11 is 0. The fourth-order valence-corrected chi connectivity index (χ4v) is 5.88. The first kappa shape index (κ1) is 18.0. The Kier molecular flexibility index (Phi) is 6.06. The lowest BCUT2D eigenvalue weighted by Crippen LogP contribution is -2.48. The van der Waals surface area contributed by atoms with Crippen LogP contribution < -0.4 is 10.6 Å². The van der Waals surface area contributed by atoms with Crippen LogP contribution in [-0.4, -0.2) is 45.0 Å². The van der Waals surface area contributed by atoms with Crippen molar-refractivity contribution in [1.29, 1.82) is 0 Å². The molecule has 3 unspecified atom stereocenters. The van der Waals surface area contributed by atoms with E-state index in [0.717, 1.165) is 24.8 Å². The zero-order chi connectivity index (χ0) is 17.0. The van der Waals surface area contributed by atoms with Gasteiger partial charge >= 0.3 is 0 Å². The number of sulfone groups is 1. The lowest BCUT2D eigenvalue weighted by molar-refractivity contribution is 0.298. The Balaban J connectivity index is 1.56. The molecule has 0 aromatic heterocycles. The standard InChI is InChI=1S/C18H33N3O2S/c1-14-5-2-3-8-17(14)21-18(19-11-15-6-4-7-15)20-12-16-9-10-24(22,23)13-16/h14-17H,2-13H2,1H3,(H2,19,20,21). The van der Waals surface area contributed by atoms with Gasteiger partial charge in [-0.15, -0.1) is 0 Å². The van der Waals surface area contributed by atoms with E-state index < -0.39 is 9.84 Å². The molecule has 1 aliphatic heterocycles. The second kappa shape index (κ2) is 8.07. The van der Waals surface area contributed by atoms with Crippen LogP contribution in [0.2, 0.25) is 0 Å². The average Bonchev–Trinajstić information content (AvgIpc) is 2.84. The van der Waals surface area contributed by atoms with Crippen molar-refractivity contribution in [3.05, 3.63) is 0 Å². The van der Waals surface area contributed by atoms with E-state index in [0.29, 0.717) is 30.0 Å². The molecule has 2 saturated carbocycles. The van der Waals surface area contributed by atoms with Crippen molar-refractivity contribution in [2.75, 3.05) is 24.6 Å². The van der Waals surface area contributed by atoms with Gasteiger partial charge in [0.25, 0.3) is 0 Å². The highest BCUT2D eigenvalue weighted by molar-refractivity contribution is 7.91. The highest BCUT2D eigenvalue weighted by Gasteiger charge is 2.28. The van der Waals surface area contributed by atoms with Crippen molar-refractivity contribution in [3.8, 4) is 0 Å². The Labute approximate surface area is 147 Å². The minimum Gasteiger partial charge on any atom is -0.356 e. The molecule has 0 aromatic rings. The monoisotopic (exact) mass is 355 g/mol. The van der Waals surface area contributed by atoms with E-state index in [9.17, 15) is 8.42 Å². The van der Waals surface area contributed by atoms with Crippen molar-refractivity contribution in [2.24, 2.45) is 22.7 Å². The normalized spacial score (nSPS) is 33.9. The van der Waals surface area contributed by atoms with Gasteiger partial charge < -0.3 is 10.6 Å². The van der Waals surface area contributed by atoms with E-state index in [1.54, 1.807) is 0 Å². The summed E-state index contributed by atoms with van der Waals surface area (Å²) in [6, 6.07) is 0.499. The maximum atomic E-state index is 11.6. The summed E-state index contributed by atoms with van der Waals surface area (Å²) < 4.78 is 23.3. The molecule has 2 aliphatic carbocycles. The van der Waals surface area contributed by atoms with Crippen LogP contribution in [0.15, 0.2) is 4.99 Å². The maximum Gasteiger partial charge on any atom is 0.191 e. The van der Waals surface area contributed by atoms with Gasteiger partial charge in [-0.05, 0) is 49.9 Å². The topological polar surface area (TPSA) is 70.6 Å². The maximum absolute atomic E-state index is 11.6. The molecule has 3 fully saturated rings. The average molecular weight is 356 g/mol. The van der Waals surface area contributed by atoms with Crippen molar-refractivity contribution in [1.82, 2.24) is 10.6 Å². The second-order valence-electron chi connectivity index (χ2n) is 8.15.